The van der Waals surface area contributed by atoms with E-state index in [0.29, 0.717) is 23.8 Å². The zero-order valence-electron chi connectivity index (χ0n) is 12.4. The Labute approximate surface area is 130 Å². The average molecular weight is 300 g/mol. The maximum atomic E-state index is 11.9. The fourth-order valence-corrected chi connectivity index (χ4v) is 3.02. The number of ether oxygens (including phenoxy) is 1. The smallest absolute Gasteiger partial charge is 0.319 e. The first-order valence-corrected chi connectivity index (χ1v) is 7.65. The molecule has 0 saturated carbocycles. The molecule has 3 rings (SSSR count). The van der Waals surface area contributed by atoms with Crippen molar-refractivity contribution in [2.75, 3.05) is 31.6 Å². The van der Waals surface area contributed by atoms with E-state index in [-0.39, 0.29) is 12.1 Å². The monoisotopic (exact) mass is 300 g/mol. The van der Waals surface area contributed by atoms with Gasteiger partial charge in [-0.3, -0.25) is 4.90 Å². The highest BCUT2D eigenvalue weighted by Gasteiger charge is 2.32. The van der Waals surface area contributed by atoms with E-state index >= 15 is 0 Å². The molecule has 6 nitrogen and oxygen atoms in total. The summed E-state index contributed by atoms with van der Waals surface area (Å²) in [5, 5.41) is 14.3. The van der Waals surface area contributed by atoms with Crippen molar-refractivity contribution in [2.24, 2.45) is 0 Å². The second kappa shape index (κ2) is 6.77. The third kappa shape index (κ3) is 3.56. The molecule has 22 heavy (non-hydrogen) atoms. The van der Waals surface area contributed by atoms with Crippen LogP contribution in [0, 0.1) is 11.3 Å². The average Bonchev–Trinajstić information content (AvgIpc) is 3.01. The van der Waals surface area contributed by atoms with Crippen LogP contribution in [0.3, 0.4) is 0 Å². The number of nitrogens with one attached hydrogen (secondary N) is 2. The van der Waals surface area contributed by atoms with Gasteiger partial charge in [-0.1, -0.05) is 0 Å². The number of amides is 2. The molecule has 2 amide bonds. The van der Waals surface area contributed by atoms with Gasteiger partial charge in [-0.05, 0) is 43.7 Å². The lowest BCUT2D eigenvalue weighted by molar-refractivity contribution is -0.0456. The van der Waals surface area contributed by atoms with E-state index in [2.05, 4.69) is 15.5 Å². The predicted octanol–water partition coefficient (Wildman–Crippen LogP) is 1.54. The van der Waals surface area contributed by atoms with Crippen molar-refractivity contribution < 1.29 is 9.53 Å². The summed E-state index contributed by atoms with van der Waals surface area (Å²) < 4.78 is 5.80. The number of hydrogen-bond donors (Lipinski definition) is 2. The molecule has 2 fully saturated rings. The molecule has 2 heterocycles. The van der Waals surface area contributed by atoms with Crippen molar-refractivity contribution in [1.29, 1.82) is 5.26 Å². The second-order valence-corrected chi connectivity index (χ2v) is 5.77. The van der Waals surface area contributed by atoms with Crippen LogP contribution in [0.15, 0.2) is 24.3 Å². The number of morpholine rings is 1. The topological polar surface area (TPSA) is 77.4 Å². The van der Waals surface area contributed by atoms with Gasteiger partial charge in [0.25, 0.3) is 0 Å². The summed E-state index contributed by atoms with van der Waals surface area (Å²) in [6, 6.07) is 9.14. The molecule has 0 aliphatic carbocycles. The van der Waals surface area contributed by atoms with Crippen LogP contribution in [0.1, 0.15) is 18.4 Å². The Kier molecular flexibility index (Phi) is 4.56. The molecule has 2 aliphatic rings. The Morgan fingerprint density at radius 3 is 3.00 bits per heavy atom. The van der Waals surface area contributed by atoms with Crippen LogP contribution in [-0.2, 0) is 4.74 Å². The minimum atomic E-state index is -0.253. The molecule has 2 N–H and O–H groups in total. The van der Waals surface area contributed by atoms with Gasteiger partial charge in [0.2, 0.25) is 0 Å². The predicted molar refractivity (Wildman–Crippen MR) is 82.5 cm³/mol. The third-order valence-corrected chi connectivity index (χ3v) is 4.22. The zero-order valence-corrected chi connectivity index (χ0v) is 12.4. The minimum absolute atomic E-state index is 0.0565. The Morgan fingerprint density at radius 1 is 1.41 bits per heavy atom. The number of urea groups is 1. The number of carbonyl (C=O) groups excluding carboxylic acids is 1. The number of hydrogen-bond acceptors (Lipinski definition) is 4. The summed E-state index contributed by atoms with van der Waals surface area (Å²) in [6.07, 6.45) is 2.52. The Balaban J connectivity index is 1.43. The van der Waals surface area contributed by atoms with Gasteiger partial charge in [0, 0.05) is 24.8 Å². The summed E-state index contributed by atoms with van der Waals surface area (Å²) in [6.45, 7) is 3.30. The van der Waals surface area contributed by atoms with Gasteiger partial charge in [-0.15, -0.1) is 0 Å². The van der Waals surface area contributed by atoms with E-state index in [0.717, 1.165) is 19.7 Å². The molecular formula is C16H20N4O2. The van der Waals surface area contributed by atoms with Crippen molar-refractivity contribution in [2.45, 2.75) is 25.0 Å². The lowest BCUT2D eigenvalue weighted by Crippen LogP contribution is -2.50. The van der Waals surface area contributed by atoms with Crippen molar-refractivity contribution in [3.63, 3.8) is 0 Å². The van der Waals surface area contributed by atoms with Crippen molar-refractivity contribution in [1.82, 2.24) is 10.2 Å². The molecule has 6 heteroatoms. The summed E-state index contributed by atoms with van der Waals surface area (Å²) in [7, 11) is 0. The van der Waals surface area contributed by atoms with E-state index in [1.165, 1.54) is 12.8 Å². The number of fused-ring (bicyclic) bond motifs is 1. The van der Waals surface area contributed by atoms with Crippen molar-refractivity contribution in [3.8, 4) is 6.07 Å². The summed E-state index contributed by atoms with van der Waals surface area (Å²) >= 11 is 0. The third-order valence-electron chi connectivity index (χ3n) is 4.22. The fraction of sp³-hybridized carbons (Fsp3) is 0.500. The lowest BCUT2D eigenvalue weighted by atomic mass is 10.2. The molecule has 1 aromatic carbocycles. The Morgan fingerprint density at radius 2 is 2.23 bits per heavy atom. The molecule has 116 valence electrons. The molecule has 2 saturated heterocycles. The number of rotatable bonds is 3. The molecule has 1 aromatic rings. The van der Waals surface area contributed by atoms with E-state index < -0.39 is 0 Å². The molecule has 2 atom stereocenters. The molecular weight excluding hydrogens is 280 g/mol. The standard InChI is InChI=1S/C16H20N4O2/c17-8-12-3-5-13(6-4-12)19-16(21)18-9-15-10-20-7-1-2-14(20)11-22-15/h3-6,14-15H,1-2,7,9-11H2,(H2,18,19,21)/t14-,15-/m1/s1. The van der Waals surface area contributed by atoms with Gasteiger partial charge in [0.05, 0.1) is 24.3 Å². The van der Waals surface area contributed by atoms with Crippen LogP contribution in [0.4, 0.5) is 10.5 Å². The molecule has 0 bridgehead atoms. The first kappa shape index (κ1) is 14.8. The van der Waals surface area contributed by atoms with Gasteiger partial charge < -0.3 is 15.4 Å². The SMILES string of the molecule is N#Cc1ccc(NC(=O)NC[C@@H]2CN3CCC[C@@H]3CO2)cc1. The maximum Gasteiger partial charge on any atom is 0.319 e. The number of carbonyl (C=O) groups is 1. The molecule has 0 unspecified atom stereocenters. The Bertz CT molecular complexity index is 567. The van der Waals surface area contributed by atoms with Gasteiger partial charge in [0.15, 0.2) is 0 Å². The van der Waals surface area contributed by atoms with Crippen LogP contribution in [0.5, 0.6) is 0 Å². The first-order chi connectivity index (χ1) is 10.7. The highest BCUT2D eigenvalue weighted by molar-refractivity contribution is 5.89. The van der Waals surface area contributed by atoms with Crippen LogP contribution >= 0.6 is 0 Å². The van der Waals surface area contributed by atoms with Gasteiger partial charge in [-0.25, -0.2) is 4.79 Å². The van der Waals surface area contributed by atoms with E-state index in [4.69, 9.17) is 10.00 Å². The van der Waals surface area contributed by atoms with E-state index in [1.54, 1.807) is 24.3 Å². The molecule has 0 spiro atoms. The van der Waals surface area contributed by atoms with Crippen LogP contribution in [-0.4, -0.2) is 49.3 Å². The summed E-state index contributed by atoms with van der Waals surface area (Å²) in [4.78, 5) is 14.3. The molecule has 0 radical (unpaired) electrons. The van der Waals surface area contributed by atoms with Crippen molar-refractivity contribution in [3.05, 3.63) is 29.8 Å². The van der Waals surface area contributed by atoms with Gasteiger partial charge in [-0.2, -0.15) is 5.26 Å². The van der Waals surface area contributed by atoms with Crippen molar-refractivity contribution >= 4 is 11.7 Å². The van der Waals surface area contributed by atoms with E-state index in [9.17, 15) is 4.79 Å². The minimum Gasteiger partial charge on any atom is -0.373 e. The van der Waals surface area contributed by atoms with Gasteiger partial charge >= 0.3 is 6.03 Å². The number of anilines is 1. The van der Waals surface area contributed by atoms with E-state index in [1.807, 2.05) is 6.07 Å². The summed E-state index contributed by atoms with van der Waals surface area (Å²) in [5.41, 5.74) is 1.24. The van der Waals surface area contributed by atoms with Crippen LogP contribution in [0.25, 0.3) is 0 Å². The van der Waals surface area contributed by atoms with Gasteiger partial charge in [0.1, 0.15) is 0 Å². The highest BCUT2D eigenvalue weighted by atomic mass is 16.5. The maximum absolute atomic E-state index is 11.9. The van der Waals surface area contributed by atoms with Crippen LogP contribution in [0.2, 0.25) is 0 Å². The first-order valence-electron chi connectivity index (χ1n) is 7.65. The normalized spacial score (nSPS) is 24.3. The molecule has 0 aromatic heterocycles. The fourth-order valence-electron chi connectivity index (χ4n) is 3.02. The zero-order chi connectivity index (χ0) is 15.4. The number of benzene rings is 1. The number of nitrogens with zero attached hydrogens (tertiary/aromatic N) is 2. The highest BCUT2D eigenvalue weighted by Crippen LogP contribution is 2.22. The second-order valence-electron chi connectivity index (χ2n) is 5.77. The molecule has 2 aliphatic heterocycles. The number of nitriles is 1. The lowest BCUT2D eigenvalue weighted by Gasteiger charge is -2.35. The van der Waals surface area contributed by atoms with Crippen LogP contribution < -0.4 is 10.6 Å². The quantitative estimate of drug-likeness (QED) is 0.887. The Hall–Kier alpha value is -2.10. The largest absolute Gasteiger partial charge is 0.373 e. The summed E-state index contributed by atoms with van der Waals surface area (Å²) in [5.74, 6) is 0.